The molecule has 40 heavy (non-hydrogen) atoms. The van der Waals surface area contributed by atoms with Crippen LogP contribution in [0.2, 0.25) is 5.02 Å². The maximum atomic E-state index is 15.2. The Bertz CT molecular complexity index is 1460. The van der Waals surface area contributed by atoms with E-state index in [2.05, 4.69) is 27.1 Å². The van der Waals surface area contributed by atoms with Crippen molar-refractivity contribution >= 4 is 29.0 Å². The monoisotopic (exact) mass is 563 g/mol. The van der Waals surface area contributed by atoms with Gasteiger partial charge in [-0.25, -0.2) is 14.4 Å². The third-order valence-corrected chi connectivity index (χ3v) is 7.69. The molecule has 210 valence electrons. The molecule has 0 spiro atoms. The number of imidazole rings is 1. The standard InChI is InChI=1S/C31H35ClFN5O2/c1-3-5-16-40-24-8-11-28(34-19-24)37-14-12-22(13-15-37)25-9-6-21(17-26(25)33)18-35-31(39)30-27(4-2)36-29-10-7-23(32)20-38(29)30/h6-11,17,19-20,22H,3-5,12-16,18H2,1-2H3,(H,35,39). The summed E-state index contributed by atoms with van der Waals surface area (Å²) >= 11 is 6.15. The number of hydrogen-bond donors (Lipinski definition) is 1. The van der Waals surface area contributed by atoms with Gasteiger partial charge < -0.3 is 15.0 Å². The van der Waals surface area contributed by atoms with Crippen LogP contribution in [0.25, 0.3) is 5.65 Å². The Morgan fingerprint density at radius 3 is 2.67 bits per heavy atom. The summed E-state index contributed by atoms with van der Waals surface area (Å²) in [6.45, 7) is 6.64. The lowest BCUT2D eigenvalue weighted by molar-refractivity contribution is 0.0944. The van der Waals surface area contributed by atoms with E-state index in [1.807, 2.05) is 31.2 Å². The van der Waals surface area contributed by atoms with Gasteiger partial charge in [0, 0.05) is 25.8 Å². The second-order valence-electron chi connectivity index (χ2n) is 10.2. The van der Waals surface area contributed by atoms with Crippen LogP contribution in [0.5, 0.6) is 5.75 Å². The fourth-order valence-electron chi connectivity index (χ4n) is 5.23. The Hall–Kier alpha value is -3.65. The summed E-state index contributed by atoms with van der Waals surface area (Å²) in [7, 11) is 0. The first-order valence-electron chi connectivity index (χ1n) is 14.0. The van der Waals surface area contributed by atoms with Crippen molar-refractivity contribution in [2.45, 2.75) is 58.4 Å². The van der Waals surface area contributed by atoms with Crippen molar-refractivity contribution in [2.75, 3.05) is 24.6 Å². The SMILES string of the molecule is CCCCOc1ccc(N2CCC(c3ccc(CNC(=O)c4c(CC)nc5ccc(Cl)cn45)cc3F)CC2)nc1. The Balaban J connectivity index is 1.17. The first-order chi connectivity index (χ1) is 19.5. The lowest BCUT2D eigenvalue weighted by Gasteiger charge is -2.33. The van der Waals surface area contributed by atoms with Gasteiger partial charge in [0.25, 0.3) is 5.91 Å². The second kappa shape index (κ2) is 12.7. The molecule has 9 heteroatoms. The Morgan fingerprint density at radius 2 is 1.98 bits per heavy atom. The van der Waals surface area contributed by atoms with Gasteiger partial charge in [-0.2, -0.15) is 0 Å². The average Bonchev–Trinajstić information content (AvgIpc) is 3.34. The molecule has 4 aromatic rings. The van der Waals surface area contributed by atoms with Crippen molar-refractivity contribution in [3.8, 4) is 5.75 Å². The van der Waals surface area contributed by atoms with E-state index in [-0.39, 0.29) is 24.2 Å². The summed E-state index contributed by atoms with van der Waals surface area (Å²) in [5.74, 6) is 1.36. The molecule has 1 aliphatic heterocycles. The van der Waals surface area contributed by atoms with Crippen LogP contribution in [0.15, 0.2) is 54.9 Å². The van der Waals surface area contributed by atoms with Crippen LogP contribution in [-0.4, -0.2) is 40.0 Å². The zero-order valence-corrected chi connectivity index (χ0v) is 23.8. The number of piperidine rings is 1. The molecular formula is C31H35ClFN5O2. The van der Waals surface area contributed by atoms with Crippen LogP contribution in [0, 0.1) is 5.82 Å². The number of fused-ring (bicyclic) bond motifs is 1. The molecule has 0 radical (unpaired) electrons. The molecule has 0 unspecified atom stereocenters. The predicted molar refractivity (Wildman–Crippen MR) is 156 cm³/mol. The van der Waals surface area contributed by atoms with E-state index in [0.29, 0.717) is 40.6 Å². The van der Waals surface area contributed by atoms with Crippen LogP contribution in [0.4, 0.5) is 10.2 Å². The Morgan fingerprint density at radius 1 is 1.15 bits per heavy atom. The van der Waals surface area contributed by atoms with Crippen LogP contribution >= 0.6 is 11.6 Å². The molecule has 1 aromatic carbocycles. The van der Waals surface area contributed by atoms with Crippen LogP contribution in [0.1, 0.15) is 72.8 Å². The zero-order chi connectivity index (χ0) is 28.1. The van der Waals surface area contributed by atoms with Crippen LogP contribution in [-0.2, 0) is 13.0 Å². The van der Waals surface area contributed by atoms with E-state index in [1.54, 1.807) is 28.9 Å². The molecule has 0 aliphatic carbocycles. The van der Waals surface area contributed by atoms with E-state index in [1.165, 1.54) is 6.07 Å². The number of carbonyl (C=O) groups excluding carboxylic acids is 1. The number of aromatic nitrogens is 3. The normalized spacial score (nSPS) is 14.1. The lowest BCUT2D eigenvalue weighted by atomic mass is 9.88. The molecule has 4 heterocycles. The zero-order valence-electron chi connectivity index (χ0n) is 23.0. The number of hydrogen-bond acceptors (Lipinski definition) is 5. The summed E-state index contributed by atoms with van der Waals surface area (Å²) < 4.78 is 22.6. The Kier molecular flexibility index (Phi) is 8.85. The highest BCUT2D eigenvalue weighted by Gasteiger charge is 2.24. The fourth-order valence-corrected chi connectivity index (χ4v) is 5.39. The molecular weight excluding hydrogens is 529 g/mol. The molecule has 0 bridgehead atoms. The molecule has 7 nitrogen and oxygen atoms in total. The van der Waals surface area contributed by atoms with Crippen molar-refractivity contribution in [1.82, 2.24) is 19.7 Å². The maximum absolute atomic E-state index is 15.2. The predicted octanol–water partition coefficient (Wildman–Crippen LogP) is 6.58. The number of carbonyl (C=O) groups is 1. The van der Waals surface area contributed by atoms with Crippen molar-refractivity contribution in [3.63, 3.8) is 0 Å². The molecule has 0 atom stereocenters. The number of pyridine rings is 2. The summed E-state index contributed by atoms with van der Waals surface area (Å²) in [4.78, 5) is 24.4. The van der Waals surface area contributed by atoms with E-state index < -0.39 is 0 Å². The second-order valence-corrected chi connectivity index (χ2v) is 10.6. The van der Waals surface area contributed by atoms with Gasteiger partial charge in [-0.05, 0) is 73.1 Å². The number of nitrogens with one attached hydrogen (secondary N) is 1. The molecule has 0 saturated carbocycles. The smallest absolute Gasteiger partial charge is 0.270 e. The number of nitrogens with zero attached hydrogens (tertiary/aromatic N) is 4. The molecule has 1 fully saturated rings. The number of rotatable bonds is 10. The number of halogens is 2. The third kappa shape index (κ3) is 6.22. The number of aryl methyl sites for hydroxylation is 1. The molecule has 1 N–H and O–H groups in total. The summed E-state index contributed by atoms with van der Waals surface area (Å²) in [6, 6.07) is 12.8. The Labute approximate surface area is 239 Å². The van der Waals surface area contributed by atoms with E-state index in [9.17, 15) is 4.79 Å². The lowest BCUT2D eigenvalue weighted by Crippen LogP contribution is -2.33. The van der Waals surface area contributed by atoms with Crippen molar-refractivity contribution in [2.24, 2.45) is 0 Å². The first kappa shape index (κ1) is 27.9. The molecule has 1 aliphatic rings. The minimum atomic E-state index is -0.266. The molecule has 1 amide bonds. The average molecular weight is 564 g/mol. The number of amides is 1. The highest BCUT2D eigenvalue weighted by molar-refractivity contribution is 6.30. The van der Waals surface area contributed by atoms with Gasteiger partial charge >= 0.3 is 0 Å². The number of unbranched alkanes of at least 4 members (excludes halogenated alkanes) is 1. The minimum Gasteiger partial charge on any atom is -0.492 e. The molecule has 5 rings (SSSR count). The van der Waals surface area contributed by atoms with E-state index in [4.69, 9.17) is 16.3 Å². The highest BCUT2D eigenvalue weighted by Crippen LogP contribution is 2.32. The number of anilines is 1. The van der Waals surface area contributed by atoms with Gasteiger partial charge in [0.1, 0.15) is 28.7 Å². The van der Waals surface area contributed by atoms with Gasteiger partial charge in [-0.1, -0.05) is 44.0 Å². The van der Waals surface area contributed by atoms with E-state index >= 15 is 4.39 Å². The van der Waals surface area contributed by atoms with Crippen molar-refractivity contribution in [1.29, 1.82) is 0 Å². The quantitative estimate of drug-likeness (QED) is 0.221. The largest absolute Gasteiger partial charge is 0.492 e. The highest BCUT2D eigenvalue weighted by atomic mass is 35.5. The fraction of sp³-hybridized carbons (Fsp3) is 0.387. The van der Waals surface area contributed by atoms with Gasteiger partial charge in [0.05, 0.1) is 23.5 Å². The van der Waals surface area contributed by atoms with Crippen LogP contribution in [0.3, 0.4) is 0 Å². The number of benzene rings is 1. The summed E-state index contributed by atoms with van der Waals surface area (Å²) in [6.07, 6.45) is 7.90. The third-order valence-electron chi connectivity index (χ3n) is 7.47. The van der Waals surface area contributed by atoms with Gasteiger partial charge in [-0.15, -0.1) is 0 Å². The number of ether oxygens (including phenoxy) is 1. The van der Waals surface area contributed by atoms with Crippen molar-refractivity contribution < 1.29 is 13.9 Å². The molecule has 3 aromatic heterocycles. The van der Waals surface area contributed by atoms with Gasteiger partial charge in [-0.3, -0.25) is 9.20 Å². The maximum Gasteiger partial charge on any atom is 0.270 e. The first-order valence-corrected chi connectivity index (χ1v) is 14.4. The summed E-state index contributed by atoms with van der Waals surface area (Å²) in [5.41, 5.74) is 3.25. The van der Waals surface area contributed by atoms with Crippen LogP contribution < -0.4 is 15.0 Å². The van der Waals surface area contributed by atoms with Gasteiger partial charge in [0.15, 0.2) is 0 Å². The minimum absolute atomic E-state index is 0.145. The molecule has 1 saturated heterocycles. The topological polar surface area (TPSA) is 71.8 Å². The van der Waals surface area contributed by atoms with Gasteiger partial charge in [0.2, 0.25) is 0 Å². The van der Waals surface area contributed by atoms with E-state index in [0.717, 1.165) is 55.9 Å². The summed E-state index contributed by atoms with van der Waals surface area (Å²) in [5, 5.41) is 3.44. The van der Waals surface area contributed by atoms with Crippen molar-refractivity contribution in [3.05, 3.63) is 88.2 Å².